The average Bonchev–Trinajstić information content (AvgIpc) is 3.95. The molecule has 65 heavy (non-hydrogen) atoms. The fourth-order valence-corrected chi connectivity index (χ4v) is 9.94. The van der Waals surface area contributed by atoms with Gasteiger partial charge in [0.1, 0.15) is 5.58 Å². The van der Waals surface area contributed by atoms with E-state index in [4.69, 9.17) is 9.40 Å². The molecule has 12 rings (SSSR count). The van der Waals surface area contributed by atoms with Crippen LogP contribution in [0.1, 0.15) is 0 Å². The van der Waals surface area contributed by atoms with E-state index >= 15 is 0 Å². The van der Waals surface area contributed by atoms with Gasteiger partial charge in [0.2, 0.25) is 0 Å². The summed E-state index contributed by atoms with van der Waals surface area (Å²) in [4.78, 5) is 10.1. The van der Waals surface area contributed by atoms with E-state index in [9.17, 15) is 0 Å². The molecule has 6 heteroatoms. The second kappa shape index (κ2) is 17.4. The standard InChI is InChI=1S/C45H27N2O.C14H16NSi.Ir/c1-3-14-29(15-4-1)31-26-27-32(30-16-5-2-6-17-30)40(28-31)47-43-37-22-10-8-19-34(37)33-18-7-9-21-36(33)42(43)46-45(47)39-24-13-23-38-35-20-11-12-25-41(35)48-44(38)39;1-16(2,3)13-9-10-14(15-11-13)12-7-5-4-6-8-12;/h1-23,25-28H;4-7,9-11H,1-3H3;/q2*-1;. The largest absolute Gasteiger partial charge is 0.501 e. The fourth-order valence-electron chi connectivity index (χ4n) is 8.90. The summed E-state index contributed by atoms with van der Waals surface area (Å²) < 4.78 is 8.98. The Morgan fingerprint density at radius 2 is 1.17 bits per heavy atom. The molecule has 0 spiro atoms. The van der Waals surface area contributed by atoms with Crippen LogP contribution in [0.25, 0.3) is 105 Å². The van der Waals surface area contributed by atoms with Gasteiger partial charge in [0, 0.05) is 53.7 Å². The van der Waals surface area contributed by atoms with E-state index in [1.807, 2.05) is 48.7 Å². The SMILES string of the molecule is C[Si](C)(C)c1ccc(-c2[c-]cccc2)nc1.[Ir].[c-]1ccc2c(oc3ccccc32)c1-c1nc2c3ccccc3c3ccccc3c2n1-c1cc(-c2ccccc2)ccc1-c1ccccc1. The first kappa shape index (κ1) is 41.8. The van der Waals surface area contributed by atoms with Gasteiger partial charge in [-0.3, -0.25) is 4.98 Å². The number of aromatic nitrogens is 3. The van der Waals surface area contributed by atoms with Crippen LogP contribution >= 0.6 is 0 Å². The van der Waals surface area contributed by atoms with Crippen molar-refractivity contribution < 1.29 is 24.5 Å². The average molecular weight is 1030 g/mol. The summed E-state index contributed by atoms with van der Waals surface area (Å²) in [6, 6.07) is 76.6. The number of nitrogens with zero attached hydrogens (tertiary/aromatic N) is 3. The summed E-state index contributed by atoms with van der Waals surface area (Å²) in [7, 11) is -1.23. The van der Waals surface area contributed by atoms with Crippen LogP contribution in [0.4, 0.5) is 0 Å². The number of benzene rings is 9. The van der Waals surface area contributed by atoms with Gasteiger partial charge in [-0.05, 0) is 50.5 Å². The number of pyridine rings is 1. The molecule has 9 aromatic carbocycles. The zero-order chi connectivity index (χ0) is 43.2. The molecule has 0 atom stereocenters. The molecule has 12 aromatic rings. The minimum absolute atomic E-state index is 0. The minimum atomic E-state index is -1.23. The first-order valence-electron chi connectivity index (χ1n) is 21.7. The molecule has 0 saturated carbocycles. The van der Waals surface area contributed by atoms with E-state index in [-0.39, 0.29) is 20.1 Å². The Bertz CT molecular complexity index is 3630. The van der Waals surface area contributed by atoms with Gasteiger partial charge in [-0.2, -0.15) is 0 Å². The number of hydrogen-bond donors (Lipinski definition) is 0. The summed E-state index contributed by atoms with van der Waals surface area (Å²) in [6.07, 6.45) is 2.02. The van der Waals surface area contributed by atoms with Crippen molar-refractivity contribution in [3.05, 3.63) is 219 Å². The number of rotatable bonds is 6. The Morgan fingerprint density at radius 1 is 0.523 bits per heavy atom. The predicted molar refractivity (Wildman–Crippen MR) is 270 cm³/mol. The zero-order valence-electron chi connectivity index (χ0n) is 36.2. The van der Waals surface area contributed by atoms with Crippen molar-refractivity contribution in [1.29, 1.82) is 0 Å². The molecule has 3 aromatic heterocycles. The molecule has 315 valence electrons. The first-order chi connectivity index (χ1) is 31.4. The van der Waals surface area contributed by atoms with Crippen molar-refractivity contribution in [1.82, 2.24) is 14.5 Å². The van der Waals surface area contributed by atoms with Crippen LogP contribution < -0.4 is 5.19 Å². The van der Waals surface area contributed by atoms with Crippen molar-refractivity contribution in [3.8, 4) is 50.6 Å². The molecule has 1 radical (unpaired) electrons. The monoisotopic (exact) mass is 1030 g/mol. The molecule has 0 N–H and O–H groups in total. The maximum Gasteiger partial charge on any atom is 0.120 e. The van der Waals surface area contributed by atoms with Crippen molar-refractivity contribution in [3.63, 3.8) is 0 Å². The fraction of sp³-hybridized carbons (Fsp3) is 0.0508. The second-order valence-electron chi connectivity index (χ2n) is 17.2. The van der Waals surface area contributed by atoms with Crippen molar-refractivity contribution in [2.75, 3.05) is 0 Å². The van der Waals surface area contributed by atoms with E-state index in [2.05, 4.69) is 199 Å². The van der Waals surface area contributed by atoms with Crippen molar-refractivity contribution >= 4 is 67.8 Å². The third-order valence-corrected chi connectivity index (χ3v) is 14.2. The van der Waals surface area contributed by atoms with Gasteiger partial charge in [0.05, 0.1) is 30.5 Å². The Labute approximate surface area is 393 Å². The maximum absolute atomic E-state index is 6.62. The van der Waals surface area contributed by atoms with Gasteiger partial charge >= 0.3 is 0 Å². The topological polar surface area (TPSA) is 43.9 Å². The van der Waals surface area contributed by atoms with Crippen LogP contribution in [-0.2, 0) is 20.1 Å². The molecule has 0 aliphatic heterocycles. The quantitative estimate of drug-likeness (QED) is 0.0947. The Balaban J connectivity index is 0.000000249. The molecule has 0 bridgehead atoms. The number of hydrogen-bond acceptors (Lipinski definition) is 3. The summed E-state index contributed by atoms with van der Waals surface area (Å²) in [6.45, 7) is 7.00. The number of para-hydroxylation sites is 1. The molecule has 0 amide bonds. The number of fused-ring (bicyclic) bond motifs is 9. The zero-order valence-corrected chi connectivity index (χ0v) is 39.6. The van der Waals surface area contributed by atoms with Crippen LogP contribution in [0.2, 0.25) is 19.6 Å². The normalized spacial score (nSPS) is 11.5. The summed E-state index contributed by atoms with van der Waals surface area (Å²) in [5, 5.41) is 8.16. The maximum atomic E-state index is 6.62. The van der Waals surface area contributed by atoms with Gasteiger partial charge in [-0.15, -0.1) is 54.1 Å². The van der Waals surface area contributed by atoms with Crippen LogP contribution in [-0.4, -0.2) is 22.6 Å². The van der Waals surface area contributed by atoms with E-state index in [0.717, 1.165) is 94.3 Å². The predicted octanol–water partition coefficient (Wildman–Crippen LogP) is 15.1. The van der Waals surface area contributed by atoms with Crippen LogP contribution in [0, 0.1) is 12.1 Å². The Hall–Kier alpha value is -7.21. The molecular weight excluding hydrogens is 987 g/mol. The molecule has 0 saturated heterocycles. The van der Waals surface area contributed by atoms with E-state index < -0.39 is 8.07 Å². The van der Waals surface area contributed by atoms with Gasteiger partial charge in [0.25, 0.3) is 0 Å². The minimum Gasteiger partial charge on any atom is -0.501 e. The van der Waals surface area contributed by atoms with E-state index in [1.54, 1.807) is 0 Å². The smallest absolute Gasteiger partial charge is 0.120 e. The van der Waals surface area contributed by atoms with Crippen molar-refractivity contribution in [2.45, 2.75) is 19.6 Å². The molecule has 4 nitrogen and oxygen atoms in total. The summed E-state index contributed by atoms with van der Waals surface area (Å²) in [5.74, 6) is 0.790. The molecule has 0 fully saturated rings. The van der Waals surface area contributed by atoms with Gasteiger partial charge in [0.15, 0.2) is 0 Å². The summed E-state index contributed by atoms with van der Waals surface area (Å²) >= 11 is 0. The molecular formula is C59H43IrN3OSi-2. The van der Waals surface area contributed by atoms with Gasteiger partial charge in [-0.1, -0.05) is 182 Å². The van der Waals surface area contributed by atoms with Gasteiger partial charge in [-0.25, -0.2) is 0 Å². The molecule has 0 aliphatic carbocycles. The van der Waals surface area contributed by atoms with E-state index in [0.29, 0.717) is 0 Å². The van der Waals surface area contributed by atoms with Gasteiger partial charge < -0.3 is 14.0 Å². The third-order valence-electron chi connectivity index (χ3n) is 12.1. The van der Waals surface area contributed by atoms with Crippen molar-refractivity contribution in [2.24, 2.45) is 0 Å². The van der Waals surface area contributed by atoms with E-state index in [1.165, 1.54) is 16.0 Å². The molecule has 0 unspecified atom stereocenters. The van der Waals surface area contributed by atoms with Crippen LogP contribution in [0.5, 0.6) is 0 Å². The summed E-state index contributed by atoms with van der Waals surface area (Å²) in [5.41, 5.74) is 12.1. The first-order valence-corrected chi connectivity index (χ1v) is 25.2. The Morgan fingerprint density at radius 3 is 1.86 bits per heavy atom. The van der Waals surface area contributed by atoms with Crippen LogP contribution in [0.15, 0.2) is 211 Å². The third kappa shape index (κ3) is 7.70. The van der Waals surface area contributed by atoms with Crippen LogP contribution in [0.3, 0.4) is 0 Å². The number of imidazole rings is 1. The Kier molecular flexibility index (Phi) is 11.2. The number of furan rings is 1. The second-order valence-corrected chi connectivity index (χ2v) is 22.3. The molecule has 3 heterocycles. The molecule has 0 aliphatic rings.